The average Bonchev–Trinajstić information content (AvgIpc) is 2.99. The predicted molar refractivity (Wildman–Crippen MR) is 96.4 cm³/mol. The lowest BCUT2D eigenvalue weighted by Gasteiger charge is -2.38. The monoisotopic (exact) mass is 341 g/mol. The maximum atomic E-state index is 12.2. The summed E-state index contributed by atoms with van der Waals surface area (Å²) >= 11 is 1.62. The van der Waals surface area contributed by atoms with Crippen molar-refractivity contribution in [3.8, 4) is 17.6 Å². The van der Waals surface area contributed by atoms with Crippen LogP contribution in [0.3, 0.4) is 0 Å². The molecule has 2 aromatic rings. The van der Waals surface area contributed by atoms with E-state index in [1.807, 2.05) is 31.2 Å². The SMILES string of the molecule is CC#CCOc1cccc2sc(C3(C)CC(=O)N(C)C(=N)N3)cc12. The van der Waals surface area contributed by atoms with Crippen molar-refractivity contribution in [2.75, 3.05) is 13.7 Å². The molecular weight excluding hydrogens is 322 g/mol. The quantitative estimate of drug-likeness (QED) is 0.844. The molecule has 3 rings (SSSR count). The van der Waals surface area contributed by atoms with E-state index < -0.39 is 5.54 Å². The Morgan fingerprint density at radius 3 is 3.00 bits per heavy atom. The molecule has 1 fully saturated rings. The largest absolute Gasteiger partial charge is 0.480 e. The van der Waals surface area contributed by atoms with Crippen LogP contribution in [0.2, 0.25) is 0 Å². The van der Waals surface area contributed by atoms with Gasteiger partial charge in [-0.3, -0.25) is 15.1 Å². The summed E-state index contributed by atoms with van der Waals surface area (Å²) in [5.41, 5.74) is -0.579. The zero-order valence-corrected chi connectivity index (χ0v) is 14.7. The first-order valence-corrected chi connectivity index (χ1v) is 8.45. The maximum Gasteiger partial charge on any atom is 0.231 e. The van der Waals surface area contributed by atoms with Crippen LogP contribution in [0, 0.1) is 17.3 Å². The van der Waals surface area contributed by atoms with Gasteiger partial charge in [-0.2, -0.15) is 0 Å². The highest BCUT2D eigenvalue weighted by atomic mass is 32.1. The van der Waals surface area contributed by atoms with Crippen molar-refractivity contribution in [1.82, 2.24) is 10.2 Å². The third kappa shape index (κ3) is 2.83. The number of hydrogen-bond donors (Lipinski definition) is 2. The van der Waals surface area contributed by atoms with Crippen molar-refractivity contribution < 1.29 is 9.53 Å². The van der Waals surface area contributed by atoms with Gasteiger partial charge in [0, 0.05) is 22.0 Å². The molecule has 2 heterocycles. The molecular formula is C18H19N3O2S. The lowest BCUT2D eigenvalue weighted by molar-refractivity contribution is -0.129. The standard InChI is InChI=1S/C18H19N3O2S/c1-4-5-9-23-13-7-6-8-14-12(13)10-15(24-14)18(2)11-16(22)21(3)17(19)20-18/h6-8,10H,9,11H2,1-3H3,(H2,19,20). The van der Waals surface area contributed by atoms with Crippen molar-refractivity contribution in [1.29, 1.82) is 5.41 Å². The zero-order chi connectivity index (χ0) is 17.3. The van der Waals surface area contributed by atoms with Crippen LogP contribution in [0.1, 0.15) is 25.1 Å². The number of ether oxygens (including phenoxy) is 1. The fraction of sp³-hybridized carbons (Fsp3) is 0.333. The van der Waals surface area contributed by atoms with Gasteiger partial charge >= 0.3 is 0 Å². The molecule has 6 heteroatoms. The van der Waals surface area contributed by atoms with Crippen LogP contribution in [0.4, 0.5) is 0 Å². The first-order valence-electron chi connectivity index (χ1n) is 7.63. The summed E-state index contributed by atoms with van der Waals surface area (Å²) in [5.74, 6) is 6.56. The van der Waals surface area contributed by atoms with Crippen molar-refractivity contribution in [2.45, 2.75) is 25.8 Å². The number of carbonyl (C=O) groups excluding carboxylic acids is 1. The number of rotatable bonds is 3. The first-order chi connectivity index (χ1) is 11.4. The molecule has 2 N–H and O–H groups in total. The number of nitrogens with one attached hydrogen (secondary N) is 2. The van der Waals surface area contributed by atoms with E-state index in [2.05, 4.69) is 17.2 Å². The van der Waals surface area contributed by atoms with E-state index in [0.29, 0.717) is 13.0 Å². The first kappa shape index (κ1) is 16.3. The highest BCUT2D eigenvalue weighted by Gasteiger charge is 2.39. The number of fused-ring (bicyclic) bond motifs is 1. The second kappa shape index (κ2) is 6.17. The Hall–Kier alpha value is -2.52. The molecule has 0 aliphatic carbocycles. The van der Waals surface area contributed by atoms with E-state index in [-0.39, 0.29) is 11.9 Å². The summed E-state index contributed by atoms with van der Waals surface area (Å²) in [6, 6.07) is 7.96. The minimum atomic E-state index is -0.579. The van der Waals surface area contributed by atoms with Gasteiger partial charge in [0.15, 0.2) is 5.96 Å². The smallest absolute Gasteiger partial charge is 0.231 e. The number of benzene rings is 1. The van der Waals surface area contributed by atoms with Gasteiger partial charge in [0.05, 0.1) is 12.0 Å². The summed E-state index contributed by atoms with van der Waals surface area (Å²) in [6.45, 7) is 4.09. The molecule has 1 aliphatic rings. The third-order valence-electron chi connectivity index (χ3n) is 4.15. The van der Waals surface area contributed by atoms with E-state index in [9.17, 15) is 4.79 Å². The Bertz CT molecular complexity index is 857. The molecule has 124 valence electrons. The highest BCUT2D eigenvalue weighted by molar-refractivity contribution is 7.19. The van der Waals surface area contributed by atoms with Gasteiger partial charge in [-0.1, -0.05) is 12.0 Å². The van der Waals surface area contributed by atoms with Crippen LogP contribution in [-0.4, -0.2) is 30.4 Å². The Morgan fingerprint density at radius 1 is 1.50 bits per heavy atom. The van der Waals surface area contributed by atoms with Crippen LogP contribution in [0.5, 0.6) is 5.75 Å². The van der Waals surface area contributed by atoms with Gasteiger partial charge in [0.1, 0.15) is 12.4 Å². The lowest BCUT2D eigenvalue weighted by atomic mass is 9.92. The molecule has 24 heavy (non-hydrogen) atoms. The van der Waals surface area contributed by atoms with Crippen molar-refractivity contribution in [3.05, 3.63) is 29.1 Å². The Morgan fingerprint density at radius 2 is 2.29 bits per heavy atom. The van der Waals surface area contributed by atoms with E-state index in [4.69, 9.17) is 10.1 Å². The van der Waals surface area contributed by atoms with E-state index in [1.165, 1.54) is 4.90 Å². The minimum Gasteiger partial charge on any atom is -0.480 e. The fourth-order valence-corrected chi connectivity index (χ4v) is 3.88. The van der Waals surface area contributed by atoms with Gasteiger partial charge in [-0.15, -0.1) is 17.3 Å². The number of guanidine groups is 1. The molecule has 1 aromatic carbocycles. The number of nitrogens with zero attached hydrogens (tertiary/aromatic N) is 1. The molecule has 1 aliphatic heterocycles. The molecule has 0 bridgehead atoms. The fourth-order valence-electron chi connectivity index (χ4n) is 2.70. The van der Waals surface area contributed by atoms with Crippen LogP contribution in [0.25, 0.3) is 10.1 Å². The normalized spacial score (nSPS) is 20.5. The Kier molecular flexibility index (Phi) is 4.20. The number of amides is 1. The zero-order valence-electron chi connectivity index (χ0n) is 13.9. The average molecular weight is 341 g/mol. The van der Waals surface area contributed by atoms with Gasteiger partial charge < -0.3 is 10.1 Å². The van der Waals surface area contributed by atoms with E-state index in [1.54, 1.807) is 25.3 Å². The predicted octanol–water partition coefficient (Wildman–Crippen LogP) is 2.91. The molecule has 1 unspecified atom stereocenters. The molecule has 1 saturated heterocycles. The number of thiophene rings is 1. The summed E-state index contributed by atoms with van der Waals surface area (Å²) in [6.07, 6.45) is 0.316. The van der Waals surface area contributed by atoms with Crippen LogP contribution < -0.4 is 10.1 Å². The van der Waals surface area contributed by atoms with Crippen LogP contribution in [0.15, 0.2) is 24.3 Å². The third-order valence-corrected chi connectivity index (χ3v) is 5.51. The van der Waals surface area contributed by atoms with E-state index in [0.717, 1.165) is 20.7 Å². The molecule has 0 saturated carbocycles. The molecule has 1 aromatic heterocycles. The lowest BCUT2D eigenvalue weighted by Crippen LogP contribution is -2.57. The maximum absolute atomic E-state index is 12.2. The molecule has 0 spiro atoms. The topological polar surface area (TPSA) is 65.4 Å². The van der Waals surface area contributed by atoms with Crippen molar-refractivity contribution in [3.63, 3.8) is 0 Å². The molecule has 0 radical (unpaired) electrons. The van der Waals surface area contributed by atoms with Crippen LogP contribution >= 0.6 is 11.3 Å². The van der Waals surface area contributed by atoms with Gasteiger partial charge in [0.2, 0.25) is 5.91 Å². The Labute approximate surface area is 145 Å². The Balaban J connectivity index is 1.98. The second-order valence-corrected chi connectivity index (χ2v) is 7.01. The number of hydrogen-bond acceptors (Lipinski definition) is 4. The highest BCUT2D eigenvalue weighted by Crippen LogP contribution is 2.40. The molecule has 5 nitrogen and oxygen atoms in total. The van der Waals surface area contributed by atoms with Gasteiger partial charge in [-0.05, 0) is 32.0 Å². The number of carbonyl (C=O) groups is 1. The molecule has 1 amide bonds. The summed E-state index contributed by atoms with van der Waals surface area (Å²) in [4.78, 5) is 14.5. The van der Waals surface area contributed by atoms with Crippen molar-refractivity contribution >= 4 is 33.3 Å². The van der Waals surface area contributed by atoms with E-state index >= 15 is 0 Å². The van der Waals surface area contributed by atoms with Crippen LogP contribution in [-0.2, 0) is 10.3 Å². The second-order valence-electron chi connectivity index (χ2n) is 5.93. The van der Waals surface area contributed by atoms with Crippen molar-refractivity contribution in [2.24, 2.45) is 0 Å². The summed E-state index contributed by atoms with van der Waals surface area (Å²) in [7, 11) is 1.61. The van der Waals surface area contributed by atoms with Gasteiger partial charge in [-0.25, -0.2) is 0 Å². The summed E-state index contributed by atoms with van der Waals surface area (Å²) < 4.78 is 6.84. The summed E-state index contributed by atoms with van der Waals surface area (Å²) in [5, 5.41) is 12.1. The molecule has 1 atom stereocenters. The minimum absolute atomic E-state index is 0.0617. The van der Waals surface area contributed by atoms with Gasteiger partial charge in [0.25, 0.3) is 0 Å².